The summed E-state index contributed by atoms with van der Waals surface area (Å²) in [6.45, 7) is 2.07. The van der Waals surface area contributed by atoms with Crippen molar-refractivity contribution in [2.45, 2.75) is 6.92 Å². The molecule has 0 unspecified atom stereocenters. The quantitative estimate of drug-likeness (QED) is 0.767. The van der Waals surface area contributed by atoms with Crippen LogP contribution < -0.4 is 0 Å². The smallest absolute Gasteiger partial charge is 0.181 e. The van der Waals surface area contributed by atoms with E-state index in [-0.39, 0.29) is 0 Å². The molecule has 0 saturated heterocycles. The van der Waals surface area contributed by atoms with Crippen molar-refractivity contribution in [3.8, 4) is 10.6 Å². The Balaban J connectivity index is 2.48. The zero-order chi connectivity index (χ0) is 8.55. The van der Waals surface area contributed by atoms with E-state index < -0.39 is 0 Å². The van der Waals surface area contributed by atoms with E-state index >= 15 is 0 Å². The average molecular weight is 244 g/mol. The zero-order valence-electron chi connectivity index (χ0n) is 6.37. The van der Waals surface area contributed by atoms with E-state index in [1.54, 1.807) is 17.6 Å². The van der Waals surface area contributed by atoms with E-state index in [2.05, 4.69) is 33.9 Å². The molecule has 0 radical (unpaired) electrons. The van der Waals surface area contributed by atoms with E-state index in [1.807, 2.05) is 0 Å². The van der Waals surface area contributed by atoms with Crippen molar-refractivity contribution in [3.05, 3.63) is 28.1 Å². The van der Waals surface area contributed by atoms with Crippen molar-refractivity contribution in [2.75, 3.05) is 0 Å². The van der Waals surface area contributed by atoms with Crippen LogP contribution in [0.2, 0.25) is 0 Å². The molecule has 0 bridgehead atoms. The van der Waals surface area contributed by atoms with Crippen LogP contribution >= 0.6 is 27.3 Å². The van der Waals surface area contributed by atoms with Crippen LogP contribution in [0.1, 0.15) is 4.88 Å². The summed E-state index contributed by atoms with van der Waals surface area (Å²) in [5, 5.41) is 0. The second-order valence-corrected chi connectivity index (χ2v) is 4.50. The first kappa shape index (κ1) is 8.01. The van der Waals surface area contributed by atoms with Crippen molar-refractivity contribution >= 4 is 27.3 Å². The van der Waals surface area contributed by atoms with Crippen LogP contribution in [0.4, 0.5) is 0 Å². The summed E-state index contributed by atoms with van der Waals surface area (Å²) >= 11 is 5.16. The predicted octanol–water partition coefficient (Wildman–Crippen LogP) is 3.47. The summed E-state index contributed by atoms with van der Waals surface area (Å²) in [6.07, 6.45) is 3.09. The Bertz CT molecular complexity index is 360. The van der Waals surface area contributed by atoms with Crippen molar-refractivity contribution in [1.29, 1.82) is 0 Å². The standard InChI is InChI=1S/C8H6BrNOS/c1-5-6(9)2-8(12-5)7-3-11-4-10-7/h2-4H,1H3. The molecule has 0 aromatic carbocycles. The van der Waals surface area contributed by atoms with E-state index in [0.717, 1.165) is 15.0 Å². The minimum Gasteiger partial charge on any atom is -0.451 e. The van der Waals surface area contributed by atoms with Gasteiger partial charge in [0.1, 0.15) is 12.0 Å². The van der Waals surface area contributed by atoms with Crippen LogP contribution in [0.25, 0.3) is 10.6 Å². The number of hydrogen-bond donors (Lipinski definition) is 0. The number of thiophene rings is 1. The SMILES string of the molecule is Cc1sc(-c2cocn2)cc1Br. The summed E-state index contributed by atoms with van der Waals surface area (Å²) in [7, 11) is 0. The lowest BCUT2D eigenvalue weighted by Crippen LogP contribution is -1.66. The van der Waals surface area contributed by atoms with Crippen LogP contribution in [-0.2, 0) is 0 Å². The highest BCUT2D eigenvalue weighted by atomic mass is 79.9. The van der Waals surface area contributed by atoms with Gasteiger partial charge in [-0.2, -0.15) is 0 Å². The van der Waals surface area contributed by atoms with Crippen molar-refractivity contribution in [1.82, 2.24) is 4.98 Å². The third-order valence-electron chi connectivity index (χ3n) is 1.54. The van der Waals surface area contributed by atoms with Crippen molar-refractivity contribution in [2.24, 2.45) is 0 Å². The Morgan fingerprint density at radius 3 is 2.92 bits per heavy atom. The van der Waals surface area contributed by atoms with Gasteiger partial charge in [0.2, 0.25) is 0 Å². The Morgan fingerprint density at radius 1 is 1.58 bits per heavy atom. The summed E-state index contributed by atoms with van der Waals surface area (Å²) in [5.74, 6) is 0. The fraction of sp³-hybridized carbons (Fsp3) is 0.125. The minimum absolute atomic E-state index is 0.897. The number of aryl methyl sites for hydroxylation is 1. The number of nitrogens with zero attached hydrogens (tertiary/aromatic N) is 1. The van der Waals surface area contributed by atoms with Gasteiger partial charge < -0.3 is 4.42 Å². The fourth-order valence-corrected chi connectivity index (χ4v) is 2.41. The zero-order valence-corrected chi connectivity index (χ0v) is 8.78. The first-order valence-corrected chi connectivity index (χ1v) is 5.03. The van der Waals surface area contributed by atoms with E-state index in [0.29, 0.717) is 0 Å². The molecule has 0 spiro atoms. The summed E-state index contributed by atoms with van der Waals surface area (Å²) < 4.78 is 6.03. The lowest BCUT2D eigenvalue weighted by atomic mass is 10.4. The molecule has 0 aliphatic heterocycles. The molecule has 0 aliphatic rings. The summed E-state index contributed by atoms with van der Waals surface area (Å²) in [5.41, 5.74) is 0.897. The van der Waals surface area contributed by atoms with Crippen LogP contribution in [0.15, 0.2) is 27.6 Å². The van der Waals surface area contributed by atoms with Gasteiger partial charge in [0.05, 0.1) is 4.88 Å². The van der Waals surface area contributed by atoms with Gasteiger partial charge in [0, 0.05) is 9.35 Å². The first-order valence-electron chi connectivity index (χ1n) is 3.42. The summed E-state index contributed by atoms with van der Waals surface area (Å²) in [4.78, 5) is 6.45. The maximum Gasteiger partial charge on any atom is 0.181 e. The Labute approximate surface area is 82.4 Å². The number of halogens is 1. The number of aromatic nitrogens is 1. The maximum atomic E-state index is 4.90. The number of rotatable bonds is 1. The van der Waals surface area contributed by atoms with Gasteiger partial charge in [-0.25, -0.2) is 4.98 Å². The third-order valence-corrected chi connectivity index (χ3v) is 3.70. The highest BCUT2D eigenvalue weighted by molar-refractivity contribution is 9.10. The monoisotopic (exact) mass is 243 g/mol. The van der Waals surface area contributed by atoms with Crippen LogP contribution in [0.5, 0.6) is 0 Å². The Hall–Kier alpha value is -0.610. The van der Waals surface area contributed by atoms with Gasteiger partial charge >= 0.3 is 0 Å². The van der Waals surface area contributed by atoms with Crippen LogP contribution in [0, 0.1) is 6.92 Å². The largest absolute Gasteiger partial charge is 0.451 e. The van der Waals surface area contributed by atoms with E-state index in [1.165, 1.54) is 11.3 Å². The molecular formula is C8H6BrNOS. The second-order valence-electron chi connectivity index (χ2n) is 2.39. The van der Waals surface area contributed by atoms with Crippen LogP contribution in [0.3, 0.4) is 0 Å². The van der Waals surface area contributed by atoms with Gasteiger partial charge in [-0.15, -0.1) is 11.3 Å². The lowest BCUT2D eigenvalue weighted by Gasteiger charge is -1.83. The Morgan fingerprint density at radius 2 is 2.42 bits per heavy atom. The normalized spacial score (nSPS) is 10.5. The van der Waals surface area contributed by atoms with Gasteiger partial charge in [-0.1, -0.05) is 0 Å². The summed E-state index contributed by atoms with van der Waals surface area (Å²) in [6, 6.07) is 2.05. The molecule has 0 N–H and O–H groups in total. The van der Waals surface area contributed by atoms with Gasteiger partial charge in [-0.05, 0) is 28.9 Å². The number of hydrogen-bond acceptors (Lipinski definition) is 3. The third kappa shape index (κ3) is 1.32. The molecule has 12 heavy (non-hydrogen) atoms. The minimum atomic E-state index is 0.897. The molecule has 0 aliphatic carbocycles. The molecule has 0 fully saturated rings. The van der Waals surface area contributed by atoms with Crippen LogP contribution in [-0.4, -0.2) is 4.98 Å². The molecule has 2 nitrogen and oxygen atoms in total. The molecule has 4 heteroatoms. The van der Waals surface area contributed by atoms with Gasteiger partial charge in [0.15, 0.2) is 6.39 Å². The molecule has 0 amide bonds. The first-order chi connectivity index (χ1) is 5.77. The van der Waals surface area contributed by atoms with E-state index in [9.17, 15) is 0 Å². The van der Waals surface area contributed by atoms with Gasteiger partial charge in [0.25, 0.3) is 0 Å². The highest BCUT2D eigenvalue weighted by Crippen LogP contribution is 2.32. The van der Waals surface area contributed by atoms with Gasteiger partial charge in [-0.3, -0.25) is 0 Å². The predicted molar refractivity (Wildman–Crippen MR) is 52.3 cm³/mol. The lowest BCUT2D eigenvalue weighted by molar-refractivity contribution is 0.558. The molecule has 2 aromatic rings. The van der Waals surface area contributed by atoms with Crippen molar-refractivity contribution < 1.29 is 4.42 Å². The number of oxazole rings is 1. The van der Waals surface area contributed by atoms with E-state index in [4.69, 9.17) is 4.42 Å². The average Bonchev–Trinajstić information content (AvgIpc) is 2.61. The molecular weight excluding hydrogens is 238 g/mol. The molecule has 62 valence electrons. The molecule has 2 aromatic heterocycles. The van der Waals surface area contributed by atoms with Crippen molar-refractivity contribution in [3.63, 3.8) is 0 Å². The maximum absolute atomic E-state index is 4.90. The highest BCUT2D eigenvalue weighted by Gasteiger charge is 2.06. The second kappa shape index (κ2) is 3.03. The molecule has 2 heterocycles. The Kier molecular flexibility index (Phi) is 2.02. The fourth-order valence-electron chi connectivity index (χ4n) is 0.920. The molecule has 0 atom stereocenters. The molecule has 0 saturated carbocycles. The molecule has 2 rings (SSSR count). The topological polar surface area (TPSA) is 26.0 Å².